The molecule has 0 aliphatic rings. The van der Waals surface area contributed by atoms with Gasteiger partial charge in [0, 0.05) is 25.0 Å². The van der Waals surface area contributed by atoms with E-state index in [-0.39, 0.29) is 0 Å². The maximum atomic E-state index is 3.79. The first-order valence-electron chi connectivity index (χ1n) is 2.34. The summed E-state index contributed by atoms with van der Waals surface area (Å²) >= 11 is 0. The average molecular weight is 109 g/mol. The smallest absolute Gasteiger partial charge is 0.0575 e. The number of H-pyrrole nitrogens is 1. The van der Waals surface area contributed by atoms with Crippen LogP contribution in [0.2, 0.25) is 0 Å². The van der Waals surface area contributed by atoms with Crippen LogP contribution in [-0.4, -0.2) is 23.5 Å². The molecule has 0 aliphatic heterocycles. The van der Waals surface area contributed by atoms with E-state index in [0.29, 0.717) is 0 Å². The molecule has 0 aromatic carbocycles. The number of hydrogen-bond acceptors (Lipinski definition) is 2. The van der Waals surface area contributed by atoms with Crippen molar-refractivity contribution < 1.29 is 0 Å². The standard InChI is InChI=1S/C5H7N3/c1-6-2-5-3-7-8-4-5/h2-4H,1H3,(H,7,8)/b6-2-. The van der Waals surface area contributed by atoms with Crippen molar-refractivity contribution >= 4 is 6.21 Å². The van der Waals surface area contributed by atoms with Gasteiger partial charge in [0.2, 0.25) is 0 Å². The van der Waals surface area contributed by atoms with E-state index in [1.165, 1.54) is 0 Å². The molecule has 0 unspecified atom stereocenters. The van der Waals surface area contributed by atoms with Crippen LogP contribution in [0.25, 0.3) is 0 Å². The Morgan fingerprint density at radius 3 is 3.25 bits per heavy atom. The fourth-order valence-electron chi connectivity index (χ4n) is 0.481. The summed E-state index contributed by atoms with van der Waals surface area (Å²) in [6.07, 6.45) is 5.24. The number of hydrogen-bond donors (Lipinski definition) is 1. The molecule has 0 atom stereocenters. The van der Waals surface area contributed by atoms with Gasteiger partial charge >= 0.3 is 0 Å². The maximum Gasteiger partial charge on any atom is 0.0575 e. The molecule has 0 fully saturated rings. The summed E-state index contributed by atoms with van der Waals surface area (Å²) in [5.41, 5.74) is 1.01. The zero-order valence-corrected chi connectivity index (χ0v) is 4.63. The van der Waals surface area contributed by atoms with Gasteiger partial charge in [-0.1, -0.05) is 0 Å². The van der Waals surface area contributed by atoms with Crippen LogP contribution >= 0.6 is 0 Å². The van der Waals surface area contributed by atoms with Crippen LogP contribution < -0.4 is 0 Å². The summed E-state index contributed by atoms with van der Waals surface area (Å²) < 4.78 is 0. The van der Waals surface area contributed by atoms with Gasteiger partial charge in [0.15, 0.2) is 0 Å². The van der Waals surface area contributed by atoms with Crippen LogP contribution in [0.1, 0.15) is 5.56 Å². The molecule has 3 heteroatoms. The predicted molar refractivity (Wildman–Crippen MR) is 32.1 cm³/mol. The molecule has 1 heterocycles. The van der Waals surface area contributed by atoms with Gasteiger partial charge in [-0.05, 0) is 0 Å². The Morgan fingerprint density at radius 2 is 2.75 bits per heavy atom. The van der Waals surface area contributed by atoms with Crippen LogP contribution in [-0.2, 0) is 0 Å². The van der Waals surface area contributed by atoms with Gasteiger partial charge in [0.05, 0.1) is 6.20 Å². The topological polar surface area (TPSA) is 41.0 Å². The molecule has 0 spiro atoms. The molecule has 1 aromatic heterocycles. The lowest BCUT2D eigenvalue weighted by molar-refractivity contribution is 1.09. The molecular formula is C5H7N3. The lowest BCUT2D eigenvalue weighted by atomic mass is 10.4. The highest BCUT2D eigenvalue weighted by Gasteiger charge is 1.81. The first-order valence-corrected chi connectivity index (χ1v) is 2.34. The monoisotopic (exact) mass is 109 g/mol. The highest BCUT2D eigenvalue weighted by atomic mass is 15.1. The van der Waals surface area contributed by atoms with Crippen molar-refractivity contribution in [2.45, 2.75) is 0 Å². The van der Waals surface area contributed by atoms with Crippen molar-refractivity contribution in [2.75, 3.05) is 7.05 Å². The second kappa shape index (κ2) is 2.26. The SMILES string of the molecule is C/N=C\c1cn[nH]c1. The minimum Gasteiger partial charge on any atom is -0.296 e. The van der Waals surface area contributed by atoms with E-state index in [4.69, 9.17) is 0 Å². The Hall–Kier alpha value is -1.12. The summed E-state index contributed by atoms with van der Waals surface area (Å²) in [5, 5.41) is 6.40. The van der Waals surface area contributed by atoms with Crippen molar-refractivity contribution in [3.05, 3.63) is 18.0 Å². The molecule has 0 saturated carbocycles. The zero-order chi connectivity index (χ0) is 5.82. The van der Waals surface area contributed by atoms with Crippen LogP contribution in [0.3, 0.4) is 0 Å². The van der Waals surface area contributed by atoms with E-state index >= 15 is 0 Å². The van der Waals surface area contributed by atoms with Crippen LogP contribution in [0.5, 0.6) is 0 Å². The van der Waals surface area contributed by atoms with Gasteiger partial charge < -0.3 is 0 Å². The van der Waals surface area contributed by atoms with E-state index in [1.54, 1.807) is 25.7 Å². The van der Waals surface area contributed by atoms with E-state index < -0.39 is 0 Å². The van der Waals surface area contributed by atoms with Crippen LogP contribution in [0, 0.1) is 0 Å². The summed E-state index contributed by atoms with van der Waals surface area (Å²) in [4.78, 5) is 3.79. The fraction of sp³-hybridized carbons (Fsp3) is 0.200. The quantitative estimate of drug-likeness (QED) is 0.523. The molecule has 8 heavy (non-hydrogen) atoms. The third-order valence-corrected chi connectivity index (χ3v) is 0.798. The third-order valence-electron chi connectivity index (χ3n) is 0.798. The van der Waals surface area contributed by atoms with Gasteiger partial charge in [-0.2, -0.15) is 5.10 Å². The third kappa shape index (κ3) is 0.932. The predicted octanol–water partition coefficient (Wildman–Crippen LogP) is 0.458. The Bertz CT molecular complexity index is 164. The molecule has 0 amide bonds. The Balaban J connectivity index is 2.77. The van der Waals surface area contributed by atoms with Gasteiger partial charge in [-0.3, -0.25) is 10.1 Å². The van der Waals surface area contributed by atoms with Crippen molar-refractivity contribution in [3.8, 4) is 0 Å². The number of aromatic nitrogens is 2. The van der Waals surface area contributed by atoms with Gasteiger partial charge in [0.25, 0.3) is 0 Å². The summed E-state index contributed by atoms with van der Waals surface area (Å²) in [7, 11) is 1.73. The first kappa shape index (κ1) is 5.03. The van der Waals surface area contributed by atoms with Crippen molar-refractivity contribution in [2.24, 2.45) is 4.99 Å². The highest BCUT2D eigenvalue weighted by Crippen LogP contribution is 1.85. The summed E-state index contributed by atoms with van der Waals surface area (Å²) in [6, 6.07) is 0. The fourth-order valence-corrected chi connectivity index (χ4v) is 0.481. The molecule has 1 rings (SSSR count). The highest BCUT2D eigenvalue weighted by molar-refractivity contribution is 5.78. The average Bonchev–Trinajstić information content (AvgIpc) is 2.19. The maximum absolute atomic E-state index is 3.79. The van der Waals surface area contributed by atoms with Crippen molar-refractivity contribution in [3.63, 3.8) is 0 Å². The normalized spacial score (nSPS) is 10.6. The molecule has 0 bridgehead atoms. The molecule has 3 nitrogen and oxygen atoms in total. The van der Waals surface area contributed by atoms with Gasteiger partial charge in [-0.25, -0.2) is 0 Å². The number of nitrogens with zero attached hydrogens (tertiary/aromatic N) is 2. The Morgan fingerprint density at radius 1 is 1.88 bits per heavy atom. The second-order valence-electron chi connectivity index (χ2n) is 1.42. The van der Waals surface area contributed by atoms with Crippen molar-refractivity contribution in [1.29, 1.82) is 0 Å². The lowest BCUT2D eigenvalue weighted by Gasteiger charge is -1.72. The number of rotatable bonds is 1. The van der Waals surface area contributed by atoms with Gasteiger partial charge in [0.1, 0.15) is 0 Å². The minimum atomic E-state index is 1.01. The van der Waals surface area contributed by atoms with Gasteiger partial charge in [-0.15, -0.1) is 0 Å². The largest absolute Gasteiger partial charge is 0.296 e. The van der Waals surface area contributed by atoms with E-state index in [9.17, 15) is 0 Å². The molecule has 1 N–H and O–H groups in total. The van der Waals surface area contributed by atoms with Crippen molar-refractivity contribution in [1.82, 2.24) is 10.2 Å². The van der Waals surface area contributed by atoms with E-state index in [1.807, 2.05) is 0 Å². The summed E-state index contributed by atoms with van der Waals surface area (Å²) in [6.45, 7) is 0. The molecule has 0 radical (unpaired) electrons. The van der Waals surface area contributed by atoms with Crippen LogP contribution in [0.15, 0.2) is 17.4 Å². The summed E-state index contributed by atoms with van der Waals surface area (Å²) in [5.74, 6) is 0. The zero-order valence-electron chi connectivity index (χ0n) is 4.63. The van der Waals surface area contributed by atoms with Crippen LogP contribution in [0.4, 0.5) is 0 Å². The first-order chi connectivity index (χ1) is 3.93. The number of aliphatic imine (C=N–C) groups is 1. The molecule has 42 valence electrons. The van der Waals surface area contributed by atoms with E-state index in [2.05, 4.69) is 15.2 Å². The second-order valence-corrected chi connectivity index (χ2v) is 1.42. The minimum absolute atomic E-state index is 1.01. The molecular weight excluding hydrogens is 102 g/mol. The lowest BCUT2D eigenvalue weighted by Crippen LogP contribution is -1.70. The molecule has 0 aliphatic carbocycles. The van der Waals surface area contributed by atoms with E-state index in [0.717, 1.165) is 5.56 Å². The number of aromatic amines is 1. The number of nitrogens with one attached hydrogen (secondary N) is 1. The molecule has 1 aromatic rings. The Kier molecular flexibility index (Phi) is 1.42. The molecule has 0 saturated heterocycles. The Labute approximate surface area is 47.5 Å².